The third-order valence-corrected chi connectivity index (χ3v) is 2.99. The Balaban J connectivity index is 2.34. The molecule has 1 fully saturated rings. The number of hydrogen-bond acceptors (Lipinski definition) is 3. The van der Waals surface area contributed by atoms with Crippen molar-refractivity contribution in [3.05, 3.63) is 29.8 Å². The molecule has 1 aliphatic rings. The number of urea groups is 1. The fourth-order valence-corrected chi connectivity index (χ4v) is 1.98. The van der Waals surface area contributed by atoms with Gasteiger partial charge >= 0.3 is 6.03 Å². The molecule has 0 aromatic heterocycles. The summed E-state index contributed by atoms with van der Waals surface area (Å²) >= 11 is 0. The van der Waals surface area contributed by atoms with Gasteiger partial charge in [0.15, 0.2) is 0 Å². The predicted octanol–water partition coefficient (Wildman–Crippen LogP) is 1.68. The highest BCUT2D eigenvalue weighted by molar-refractivity contribution is 6.14. The lowest BCUT2D eigenvalue weighted by molar-refractivity contribution is -0.126. The van der Waals surface area contributed by atoms with Gasteiger partial charge in [-0.05, 0) is 26.0 Å². The van der Waals surface area contributed by atoms with Gasteiger partial charge in [-0.25, -0.2) is 9.69 Å². The summed E-state index contributed by atoms with van der Waals surface area (Å²) in [6.45, 7) is 3.41. The minimum Gasteiger partial charge on any atom is -0.282 e. The maximum Gasteiger partial charge on any atom is 0.332 e. The molecule has 0 bridgehead atoms. The third kappa shape index (κ3) is 1.82. The van der Waals surface area contributed by atoms with E-state index < -0.39 is 12.1 Å². The first-order valence-electron chi connectivity index (χ1n) is 5.64. The van der Waals surface area contributed by atoms with E-state index in [-0.39, 0.29) is 12.5 Å². The van der Waals surface area contributed by atoms with Crippen molar-refractivity contribution in [1.82, 2.24) is 4.90 Å². The minimum absolute atomic E-state index is 0.204. The smallest absolute Gasteiger partial charge is 0.282 e. The summed E-state index contributed by atoms with van der Waals surface area (Å²) in [6.07, 6.45) is 0. The number of anilines is 1. The number of rotatable bonds is 2. The van der Waals surface area contributed by atoms with Crippen LogP contribution in [0.25, 0.3) is 0 Å². The van der Waals surface area contributed by atoms with Gasteiger partial charge in [0.2, 0.25) is 0 Å². The molecule has 18 heavy (non-hydrogen) atoms. The highest BCUT2D eigenvalue weighted by Gasteiger charge is 2.42. The van der Waals surface area contributed by atoms with Gasteiger partial charge in [-0.15, -0.1) is 0 Å². The number of benzene rings is 1. The van der Waals surface area contributed by atoms with Crippen LogP contribution in [0.4, 0.5) is 10.5 Å². The average Bonchev–Trinajstić information content (AvgIpc) is 2.56. The molecule has 1 saturated heterocycles. The number of nitrogens with zero attached hydrogens (tertiary/aromatic N) is 3. The highest BCUT2D eigenvalue weighted by atomic mass is 16.2. The highest BCUT2D eigenvalue weighted by Crippen LogP contribution is 2.25. The molecular weight excluding hydrogens is 230 g/mol. The van der Waals surface area contributed by atoms with Crippen LogP contribution in [0.5, 0.6) is 0 Å². The number of aryl methyl sites for hydroxylation is 1. The molecule has 0 unspecified atom stereocenters. The first-order chi connectivity index (χ1) is 8.56. The Kier molecular flexibility index (Phi) is 3.02. The van der Waals surface area contributed by atoms with Crippen LogP contribution in [0.3, 0.4) is 0 Å². The van der Waals surface area contributed by atoms with Gasteiger partial charge in [-0.2, -0.15) is 5.26 Å². The van der Waals surface area contributed by atoms with Crippen molar-refractivity contribution >= 4 is 17.6 Å². The topological polar surface area (TPSA) is 64.4 Å². The van der Waals surface area contributed by atoms with Crippen LogP contribution in [0.2, 0.25) is 0 Å². The van der Waals surface area contributed by atoms with Crippen LogP contribution in [0.15, 0.2) is 24.3 Å². The standard InChI is InChI=1S/C13H13N3O2/c1-9-3-5-11(6-4-9)16-10(2)12(17)15(8-7-14)13(16)18/h3-6,10H,8H2,1-2H3/t10-/m0/s1. The van der Waals surface area contributed by atoms with Crippen LogP contribution in [0.1, 0.15) is 12.5 Å². The second-order valence-corrected chi connectivity index (χ2v) is 4.25. The van der Waals surface area contributed by atoms with Crippen molar-refractivity contribution < 1.29 is 9.59 Å². The summed E-state index contributed by atoms with van der Waals surface area (Å²) in [4.78, 5) is 26.3. The number of imide groups is 1. The zero-order valence-corrected chi connectivity index (χ0v) is 10.3. The summed E-state index contributed by atoms with van der Waals surface area (Å²) in [5.74, 6) is -0.331. The number of hydrogen-bond donors (Lipinski definition) is 0. The summed E-state index contributed by atoms with van der Waals surface area (Å²) < 4.78 is 0. The fraction of sp³-hybridized carbons (Fsp3) is 0.308. The van der Waals surface area contributed by atoms with Gasteiger partial charge in [0.1, 0.15) is 12.6 Å². The second kappa shape index (κ2) is 4.49. The molecule has 1 heterocycles. The van der Waals surface area contributed by atoms with Crippen molar-refractivity contribution in [3.8, 4) is 6.07 Å². The lowest BCUT2D eigenvalue weighted by Crippen LogP contribution is -2.34. The molecule has 5 nitrogen and oxygen atoms in total. The number of carbonyl (C=O) groups excluding carboxylic acids is 2. The first-order valence-corrected chi connectivity index (χ1v) is 5.64. The molecule has 92 valence electrons. The summed E-state index contributed by atoms with van der Waals surface area (Å²) in [7, 11) is 0. The van der Waals surface area contributed by atoms with E-state index in [1.165, 1.54) is 4.90 Å². The van der Waals surface area contributed by atoms with Crippen LogP contribution in [0, 0.1) is 18.3 Å². The summed E-state index contributed by atoms with van der Waals surface area (Å²) in [5, 5.41) is 8.63. The largest absolute Gasteiger partial charge is 0.332 e. The molecule has 1 aromatic rings. The van der Waals surface area contributed by atoms with E-state index >= 15 is 0 Å². The van der Waals surface area contributed by atoms with Crippen LogP contribution < -0.4 is 4.90 Å². The van der Waals surface area contributed by atoms with E-state index in [1.54, 1.807) is 19.1 Å². The Hall–Kier alpha value is -2.35. The van der Waals surface area contributed by atoms with Gasteiger partial charge in [-0.3, -0.25) is 9.69 Å². The van der Waals surface area contributed by atoms with Gasteiger partial charge < -0.3 is 0 Å². The van der Waals surface area contributed by atoms with E-state index in [0.29, 0.717) is 5.69 Å². The fourth-order valence-electron chi connectivity index (χ4n) is 1.98. The summed E-state index contributed by atoms with van der Waals surface area (Å²) in [5.41, 5.74) is 1.75. The molecule has 3 amide bonds. The van der Waals surface area contributed by atoms with Crippen LogP contribution in [-0.4, -0.2) is 29.4 Å². The Morgan fingerprint density at radius 2 is 1.89 bits per heavy atom. The Morgan fingerprint density at radius 1 is 1.28 bits per heavy atom. The molecule has 0 radical (unpaired) electrons. The average molecular weight is 243 g/mol. The monoisotopic (exact) mass is 243 g/mol. The quantitative estimate of drug-likeness (QED) is 0.586. The summed E-state index contributed by atoms with van der Waals surface area (Å²) in [6, 6.07) is 8.20. The molecule has 1 atom stereocenters. The Bertz CT molecular complexity index is 530. The second-order valence-electron chi connectivity index (χ2n) is 4.25. The maximum atomic E-state index is 12.1. The lowest BCUT2D eigenvalue weighted by Gasteiger charge is -2.19. The molecule has 0 spiro atoms. The van der Waals surface area contributed by atoms with Crippen molar-refractivity contribution in [1.29, 1.82) is 5.26 Å². The van der Waals surface area contributed by atoms with Crippen molar-refractivity contribution in [2.75, 3.05) is 11.4 Å². The van der Waals surface area contributed by atoms with E-state index in [9.17, 15) is 9.59 Å². The number of nitriles is 1. The van der Waals surface area contributed by atoms with Crippen molar-refractivity contribution in [2.45, 2.75) is 19.9 Å². The van der Waals surface area contributed by atoms with E-state index in [2.05, 4.69) is 0 Å². The minimum atomic E-state index is -0.562. The first kappa shape index (κ1) is 12.1. The number of amides is 3. The molecule has 0 aliphatic carbocycles. The molecule has 0 saturated carbocycles. The maximum absolute atomic E-state index is 12.1. The molecule has 0 N–H and O–H groups in total. The molecule has 5 heteroatoms. The third-order valence-electron chi connectivity index (χ3n) is 2.99. The molecule has 1 aromatic carbocycles. The molecule has 1 aliphatic heterocycles. The Labute approximate surface area is 105 Å². The SMILES string of the molecule is Cc1ccc(N2C(=O)N(CC#N)C(=O)[C@@H]2C)cc1. The number of carbonyl (C=O) groups is 2. The zero-order chi connectivity index (χ0) is 13.3. The van der Waals surface area contributed by atoms with E-state index in [4.69, 9.17) is 5.26 Å². The van der Waals surface area contributed by atoms with Crippen LogP contribution in [-0.2, 0) is 4.79 Å². The van der Waals surface area contributed by atoms with Crippen molar-refractivity contribution in [2.24, 2.45) is 0 Å². The van der Waals surface area contributed by atoms with Gasteiger partial charge in [0.25, 0.3) is 5.91 Å². The normalized spacial score (nSPS) is 19.3. The van der Waals surface area contributed by atoms with Gasteiger partial charge in [-0.1, -0.05) is 17.7 Å². The molecule has 2 rings (SSSR count). The van der Waals surface area contributed by atoms with Crippen molar-refractivity contribution in [3.63, 3.8) is 0 Å². The van der Waals surface area contributed by atoms with Crippen LogP contribution >= 0.6 is 0 Å². The lowest BCUT2D eigenvalue weighted by atomic mass is 10.2. The molecular formula is C13H13N3O2. The van der Waals surface area contributed by atoms with Gasteiger partial charge in [0, 0.05) is 5.69 Å². The Morgan fingerprint density at radius 3 is 2.44 bits per heavy atom. The van der Waals surface area contributed by atoms with Gasteiger partial charge in [0.05, 0.1) is 6.07 Å². The van der Waals surface area contributed by atoms with E-state index in [1.807, 2.05) is 25.1 Å². The predicted molar refractivity (Wildman–Crippen MR) is 65.8 cm³/mol. The zero-order valence-electron chi connectivity index (χ0n) is 10.3. The van der Waals surface area contributed by atoms with E-state index in [0.717, 1.165) is 10.5 Å².